The predicted octanol–water partition coefficient (Wildman–Crippen LogP) is 17.3. The van der Waals surface area contributed by atoms with Gasteiger partial charge in [0.2, 0.25) is 29.1 Å². The number of esters is 1. The Kier molecular flexibility index (Phi) is 27.1. The molecule has 0 spiro atoms. The van der Waals surface area contributed by atoms with Gasteiger partial charge >= 0.3 is 5.97 Å². The summed E-state index contributed by atoms with van der Waals surface area (Å²) in [6.45, 7) is 25.6. The first-order chi connectivity index (χ1) is 71.1. The molecule has 12 saturated carbocycles. The number of hydrogen-bond donors (Lipinski definition) is 8. The molecule has 30 heteroatoms. The number of fused-ring (bicyclic) bond motifs is 23. The number of ketones is 7. The largest absolute Gasteiger partial charge is 0.470 e. The Bertz CT molecular complexity index is 6850. The Morgan fingerprint density at radius 2 is 1.10 bits per heavy atom. The Hall–Kier alpha value is -9.79. The summed E-state index contributed by atoms with van der Waals surface area (Å²) in [5, 5.41) is 88.5. The maximum Gasteiger partial charge on any atom is 0.375 e. The number of amides is 1. The Morgan fingerprint density at radius 3 is 1.73 bits per heavy atom. The van der Waals surface area contributed by atoms with Crippen LogP contribution in [0, 0.1) is 126 Å². The maximum absolute atomic E-state index is 14.6. The van der Waals surface area contributed by atoms with Crippen LogP contribution >= 0.6 is 34.5 Å². The second kappa shape index (κ2) is 38.4. The normalized spacial score (nSPS) is 41.1. The summed E-state index contributed by atoms with van der Waals surface area (Å²) in [7, 11) is 2.10. The number of allylic oxidation sites excluding steroid dienone is 13. The van der Waals surface area contributed by atoms with E-state index in [-0.39, 0.29) is 148 Å². The molecule has 27 nitrogen and oxygen atoms in total. The van der Waals surface area contributed by atoms with Crippen molar-refractivity contribution < 1.29 is 97.5 Å². The summed E-state index contributed by atoms with van der Waals surface area (Å²) in [5.74, 6) is -1.70. The number of piperazine rings is 1. The molecule has 8 N–H and O–H groups in total. The average Bonchev–Trinajstić information content (AvgIpc) is 1.46. The fourth-order valence-corrected chi connectivity index (χ4v) is 36.3. The summed E-state index contributed by atoms with van der Waals surface area (Å²) in [6.07, 6.45) is 29.6. The smallest absolute Gasteiger partial charge is 0.375 e. The summed E-state index contributed by atoms with van der Waals surface area (Å²) in [5.41, 5.74) is -4.57. The van der Waals surface area contributed by atoms with Crippen molar-refractivity contribution in [2.45, 2.75) is 250 Å². The van der Waals surface area contributed by atoms with Crippen LogP contribution in [0.25, 0.3) is 32.0 Å². The standard InChI is InChI=1S/C33H33ClN2O6S.C31H35NO5.C30H33ClN2O5.C26H40N2O4/c1-18-15-22-21-11-10-19-16-20(37)12-13-30(19,2)32(21,34)26(38)17-31(22,3)33(18,42-27(39)24-8-6-14-41-24)28(40)36-29-35-23-7-4-5-9-25(23)43-29;1-18-14-23-22-10-9-20-15-21(33)12-13-29(20,2)28(22)25(34)16-30(23,3)31(18,36)26(35)17-37-27-11-8-19-6-4-5-7-24(19)32-27;1-16-10-22-20-6-4-17-11-19(34)8-9-28(17,2)26(20)24(35)13-29(22,3)30(16,37)25(36)14-38-27-21-12-18(31)5-7-23(21)32-15-33-27;1-24-8-6-18(29)14-17(24)4-5-19-20-7-9-26(32,25(20,2)15-21(30)23(19)24)22(31)16-28-12-10-27(3)11-13-28/h4-9,12-14,16,18,21-22,26,38H,10-11,15,17H2,1-3H3,(H,35,36,40);4-8,11-13,15,18,22-23,25,28,34,36H,9-10,14,16-17H2,1-3H3;5,7-9,11-12,15-16,20,22,24,26,35,37H,4,6,10,13-14H2,1-3H3;14,19-21,23,30,32H,4-13,15-16H2,1-3H3/t18-,21?,22?,26+,30?,31?,32+,33+;18-,22?,23?,25+,28?,29?,30?,31+;16-,20?,22?,24+,26?,28?,29?,30+;19?,20?,21-,23?,24?,25?,26-/m1110/s1. The van der Waals surface area contributed by atoms with Crippen molar-refractivity contribution >= 4 is 124 Å². The number of Topliss-reactive ketones (excluding diaryl/α,β-unsaturated/α-hetero) is 3. The first kappa shape index (κ1) is 106. The zero-order chi connectivity index (χ0) is 106. The minimum absolute atomic E-state index is 0.000685. The summed E-state index contributed by atoms with van der Waals surface area (Å²) in [6, 6.07) is 27.2. The predicted molar refractivity (Wildman–Crippen MR) is 567 cm³/mol. The van der Waals surface area contributed by atoms with Gasteiger partial charge in [-0.25, -0.2) is 24.7 Å². The highest BCUT2D eigenvalue weighted by atomic mass is 35.5. The Morgan fingerprint density at radius 1 is 0.533 bits per heavy atom. The van der Waals surface area contributed by atoms with Gasteiger partial charge in [0, 0.05) is 105 Å². The first-order valence-corrected chi connectivity index (χ1v) is 55.8. The molecule has 7 aromatic rings. The number of aliphatic hydroxyl groups is 7. The number of nitrogens with one attached hydrogen (secondary N) is 1. The molecule has 3 aromatic carbocycles. The van der Waals surface area contributed by atoms with E-state index in [9.17, 15) is 78.9 Å². The third-order valence-corrected chi connectivity index (χ3v) is 44.4. The van der Waals surface area contributed by atoms with Crippen molar-refractivity contribution in [3.8, 4) is 11.8 Å². The van der Waals surface area contributed by atoms with Crippen LogP contribution < -0.4 is 14.8 Å². The highest BCUT2D eigenvalue weighted by Crippen LogP contribution is 2.76. The molecule has 1 saturated heterocycles. The van der Waals surface area contributed by atoms with E-state index in [4.69, 9.17) is 41.8 Å². The van der Waals surface area contributed by atoms with Gasteiger partial charge < -0.3 is 59.3 Å². The fourth-order valence-electron chi connectivity index (χ4n) is 34.7. The molecular weight excluding hydrogens is 1960 g/mol. The van der Waals surface area contributed by atoms with E-state index in [1.54, 1.807) is 60.7 Å². The number of thiazole rings is 1. The number of anilines is 1. The molecule has 19 unspecified atom stereocenters. The molecule has 31 atom stereocenters. The van der Waals surface area contributed by atoms with Crippen LogP contribution in [0.4, 0.5) is 5.13 Å². The molecule has 5 heterocycles. The quantitative estimate of drug-likeness (QED) is 0.0349. The van der Waals surface area contributed by atoms with E-state index in [2.05, 4.69) is 69.8 Å². The average molecular weight is 2100 g/mol. The van der Waals surface area contributed by atoms with Crippen LogP contribution in [-0.2, 0) is 43.1 Å². The van der Waals surface area contributed by atoms with Gasteiger partial charge in [-0.2, -0.15) is 0 Å². The zero-order valence-electron chi connectivity index (χ0n) is 87.7. The number of hydrogen-bond acceptors (Lipinski definition) is 27. The molecule has 1 aliphatic heterocycles. The number of pyridine rings is 1. The molecule has 17 aliphatic rings. The lowest BCUT2D eigenvalue weighted by atomic mass is 9.45. The lowest BCUT2D eigenvalue weighted by Crippen LogP contribution is -2.70. The number of furan rings is 1. The Labute approximate surface area is 889 Å². The number of para-hydroxylation sites is 2. The van der Waals surface area contributed by atoms with Crippen molar-refractivity contribution in [2.75, 3.05) is 58.3 Å². The van der Waals surface area contributed by atoms with Crippen LogP contribution in [-0.4, -0.2) is 223 Å². The second-order valence-corrected chi connectivity index (χ2v) is 51.4. The van der Waals surface area contributed by atoms with E-state index < -0.39 is 108 Å². The summed E-state index contributed by atoms with van der Waals surface area (Å²) < 4.78 is 24.3. The highest BCUT2D eigenvalue weighted by molar-refractivity contribution is 7.22. The van der Waals surface area contributed by atoms with E-state index in [1.807, 2.05) is 127 Å². The number of rotatable bonds is 15. The number of halogens is 2. The van der Waals surface area contributed by atoms with Gasteiger partial charge in [-0.3, -0.25) is 48.6 Å². The number of alkyl halides is 1. The molecule has 13 fully saturated rings. The number of carbonyl (C=O) groups excluding carboxylic acids is 9. The number of nitrogens with zero attached hydrogens (tertiary/aromatic N) is 6. The number of aliphatic hydroxyl groups excluding tert-OH is 4. The first-order valence-electron chi connectivity index (χ1n) is 54.2. The van der Waals surface area contributed by atoms with Gasteiger partial charge in [0.15, 0.2) is 52.9 Å². The highest BCUT2D eigenvalue weighted by Gasteiger charge is 2.79. The molecule has 4 aromatic heterocycles. The van der Waals surface area contributed by atoms with E-state index >= 15 is 0 Å². The lowest BCUT2D eigenvalue weighted by Gasteiger charge is -2.64. The van der Waals surface area contributed by atoms with Crippen molar-refractivity contribution in [2.24, 2.45) is 126 Å². The molecule has 796 valence electrons. The number of ether oxygens (including phenoxy) is 3. The minimum atomic E-state index is -1.66. The molecule has 24 rings (SSSR count). The van der Waals surface area contributed by atoms with E-state index in [0.29, 0.717) is 97.2 Å². The Balaban J connectivity index is 0.000000117. The maximum atomic E-state index is 14.6. The monoisotopic (exact) mass is 2100 g/mol. The van der Waals surface area contributed by atoms with Crippen LogP contribution in [0.15, 0.2) is 191 Å². The van der Waals surface area contributed by atoms with Gasteiger partial charge in [0.25, 0.3) is 5.91 Å². The molecule has 1 amide bonds. The van der Waals surface area contributed by atoms with Crippen molar-refractivity contribution in [1.29, 1.82) is 0 Å². The second-order valence-electron chi connectivity index (χ2n) is 49.3. The van der Waals surface area contributed by atoms with Gasteiger partial charge in [0.05, 0.1) is 68.7 Å². The number of aromatic nitrogens is 4. The summed E-state index contributed by atoms with van der Waals surface area (Å²) in [4.78, 5) is 139. The molecular formula is C120H141Cl2N7O20S. The third-order valence-electron chi connectivity index (χ3n) is 42.3. The van der Waals surface area contributed by atoms with E-state index in [0.717, 1.165) is 122 Å². The SMILES string of the molecule is CN1CCN(CC(=O)[C@@]2(O)CCC3C4CCC5=CC(=O)CCC5(C)C4[C@@H](O)CC32C)CC1.C[C@@H]1CC2C3CCC4=CC(=O)C=CC4(C)C3[C@@H](O)CC2(C)[C@@]1(O)C(=O)COc1ccc2ccccc2n1.C[C@@H]1CC2C3CCC4=CC(=O)C=CC4(C)C3[C@@H](O)CC2(C)[C@@]1(O)C(=O)COc1ncnc2ccc(Cl)cc12.C[C@@H]1CC2C3CCC4=CC(=O)C=CC4(C)[C@@]3(Cl)[C@@H](O)CC2(C)[C@@]1(OC(=O)c1ccco1)C(=O)Nc1nc2ccccc2s1. The lowest BCUT2D eigenvalue weighted by molar-refractivity contribution is -0.183. The fraction of sp³-hybridized carbons (Fsp3) is 0.575. The number of benzene rings is 3. The molecule has 0 radical (unpaired) electrons. The van der Waals surface area contributed by atoms with Crippen LogP contribution in [0.2, 0.25) is 5.02 Å². The number of likely N-dealkylation sites (N-methyl/N-ethyl adjacent to an activating group) is 1. The van der Waals surface area contributed by atoms with Crippen LogP contribution in [0.1, 0.15) is 209 Å². The van der Waals surface area contributed by atoms with Crippen LogP contribution in [0.5, 0.6) is 11.8 Å². The van der Waals surface area contributed by atoms with Crippen molar-refractivity contribution in [3.63, 3.8) is 0 Å². The van der Waals surface area contributed by atoms with Gasteiger partial charge in [-0.1, -0.05) is 170 Å². The van der Waals surface area contributed by atoms with Crippen LogP contribution in [0.3, 0.4) is 0 Å². The molecule has 0 bridgehead atoms. The van der Waals surface area contributed by atoms with Gasteiger partial charge in [-0.05, 0) is 290 Å². The summed E-state index contributed by atoms with van der Waals surface area (Å²) >= 11 is 15.1. The molecule has 150 heavy (non-hydrogen) atoms. The van der Waals surface area contributed by atoms with E-state index in [1.165, 1.54) is 41.6 Å². The van der Waals surface area contributed by atoms with Crippen molar-refractivity contribution in [3.05, 3.63) is 197 Å². The van der Waals surface area contributed by atoms with Crippen molar-refractivity contribution in [1.82, 2.24) is 29.7 Å². The molecule has 16 aliphatic carbocycles. The van der Waals surface area contributed by atoms with Gasteiger partial charge in [-0.15, -0.1) is 11.6 Å². The zero-order valence-corrected chi connectivity index (χ0v) is 90.0. The topological polar surface area (TPSA) is 406 Å². The minimum Gasteiger partial charge on any atom is -0.470 e. The number of carbonyl (C=O) groups is 9. The third kappa shape index (κ3) is 16.3. The van der Waals surface area contributed by atoms with Gasteiger partial charge in [0.1, 0.15) is 23.1 Å².